The second kappa shape index (κ2) is 12.7. The molecule has 17 heavy (non-hydrogen) atoms. The highest BCUT2D eigenvalue weighted by Crippen LogP contribution is 2.09. The molecule has 0 saturated heterocycles. The maximum atomic E-state index is 6.16. The van der Waals surface area contributed by atoms with Gasteiger partial charge in [-0.3, -0.25) is 0 Å². The van der Waals surface area contributed by atoms with E-state index in [1.807, 2.05) is 0 Å². The van der Waals surface area contributed by atoms with E-state index in [4.69, 9.17) is 11.6 Å². The summed E-state index contributed by atoms with van der Waals surface area (Å²) in [6.07, 6.45) is 11.1. The molecule has 0 aliphatic carbocycles. The van der Waals surface area contributed by atoms with Gasteiger partial charge in [-0.2, -0.15) is 0 Å². The molecule has 0 aliphatic heterocycles. The molecular weight excluding hydrogens is 230 g/mol. The quantitative estimate of drug-likeness (QED) is 0.386. The number of alkyl halides is 1. The smallest absolute Gasteiger partial charge is 0.0483 e. The molecule has 0 spiro atoms. The Kier molecular flexibility index (Phi) is 12.9. The maximum Gasteiger partial charge on any atom is 0.0483 e. The lowest BCUT2D eigenvalue weighted by molar-refractivity contribution is 0.520. The first-order chi connectivity index (χ1) is 8.18. The average Bonchev–Trinajstić information content (AvgIpc) is 2.31. The van der Waals surface area contributed by atoms with Crippen molar-refractivity contribution in [3.05, 3.63) is 0 Å². The summed E-state index contributed by atoms with van der Waals surface area (Å²) in [5.41, 5.74) is 0. The molecule has 1 atom stereocenters. The van der Waals surface area contributed by atoms with Crippen LogP contribution in [0.1, 0.15) is 72.1 Å². The molecule has 1 nitrogen and oxygen atoms in total. The molecule has 0 amide bonds. The van der Waals surface area contributed by atoms with Crippen molar-refractivity contribution in [3.63, 3.8) is 0 Å². The number of unbranched alkanes of at least 4 members (excludes halogenated alkanes) is 7. The van der Waals surface area contributed by atoms with Crippen LogP contribution >= 0.6 is 11.6 Å². The van der Waals surface area contributed by atoms with E-state index >= 15 is 0 Å². The first kappa shape index (κ1) is 17.2. The van der Waals surface area contributed by atoms with E-state index in [9.17, 15) is 0 Å². The molecule has 0 aromatic rings. The fourth-order valence-electron chi connectivity index (χ4n) is 1.86. The van der Waals surface area contributed by atoms with Crippen LogP contribution in [0.3, 0.4) is 0 Å². The third kappa shape index (κ3) is 12.5. The Morgan fingerprint density at radius 1 is 0.882 bits per heavy atom. The van der Waals surface area contributed by atoms with E-state index in [0.717, 1.165) is 13.1 Å². The van der Waals surface area contributed by atoms with Gasteiger partial charge in [0.05, 0.1) is 0 Å². The van der Waals surface area contributed by atoms with Crippen molar-refractivity contribution in [2.45, 2.75) is 77.5 Å². The molecule has 0 aliphatic rings. The predicted octanol–water partition coefficient (Wildman–Crippen LogP) is 4.98. The Balaban J connectivity index is 3.03. The molecule has 0 radical (unpaired) electrons. The van der Waals surface area contributed by atoms with Gasteiger partial charge in [-0.1, -0.05) is 65.7 Å². The molecule has 0 bridgehead atoms. The summed E-state index contributed by atoms with van der Waals surface area (Å²) < 4.78 is 0. The molecule has 0 saturated carbocycles. The summed E-state index contributed by atoms with van der Waals surface area (Å²) in [7, 11) is 0. The number of hydrogen-bond acceptors (Lipinski definition) is 1. The van der Waals surface area contributed by atoms with Crippen LogP contribution in [0.4, 0.5) is 0 Å². The summed E-state index contributed by atoms with van der Waals surface area (Å²) in [5.74, 6) is 0.572. The molecule has 0 aromatic heterocycles. The number of rotatable bonds is 12. The van der Waals surface area contributed by atoms with E-state index < -0.39 is 0 Å². The van der Waals surface area contributed by atoms with Gasteiger partial charge >= 0.3 is 0 Å². The van der Waals surface area contributed by atoms with E-state index in [1.54, 1.807) is 0 Å². The minimum atomic E-state index is 0.282. The van der Waals surface area contributed by atoms with Gasteiger partial charge in [-0.15, -0.1) is 11.6 Å². The summed E-state index contributed by atoms with van der Waals surface area (Å²) in [5, 5.41) is 3.73. The third-order valence-corrected chi connectivity index (χ3v) is 3.93. The molecule has 1 unspecified atom stereocenters. The molecule has 0 heterocycles. The van der Waals surface area contributed by atoms with Gasteiger partial charge < -0.3 is 5.32 Å². The van der Waals surface area contributed by atoms with Crippen molar-refractivity contribution in [2.75, 3.05) is 13.1 Å². The van der Waals surface area contributed by atoms with Crippen LogP contribution in [0, 0.1) is 5.92 Å². The van der Waals surface area contributed by atoms with Crippen molar-refractivity contribution in [1.29, 1.82) is 0 Å². The van der Waals surface area contributed by atoms with Crippen molar-refractivity contribution in [3.8, 4) is 0 Å². The van der Waals surface area contributed by atoms with Crippen LogP contribution in [0.15, 0.2) is 0 Å². The van der Waals surface area contributed by atoms with E-state index in [2.05, 4.69) is 26.1 Å². The van der Waals surface area contributed by atoms with E-state index in [0.29, 0.717) is 5.92 Å². The Labute approximate surface area is 114 Å². The lowest BCUT2D eigenvalue weighted by Gasteiger charge is -2.13. The lowest BCUT2D eigenvalue weighted by Crippen LogP contribution is -2.27. The zero-order valence-corrected chi connectivity index (χ0v) is 12.9. The second-order valence-electron chi connectivity index (χ2n) is 5.44. The largest absolute Gasteiger partial charge is 0.315 e. The first-order valence-corrected chi connectivity index (χ1v) is 7.97. The Morgan fingerprint density at radius 3 is 1.94 bits per heavy atom. The molecule has 0 fully saturated rings. The van der Waals surface area contributed by atoms with Crippen molar-refractivity contribution in [1.82, 2.24) is 5.32 Å². The summed E-state index contributed by atoms with van der Waals surface area (Å²) in [6.45, 7) is 8.71. The van der Waals surface area contributed by atoms with Crippen LogP contribution in [-0.4, -0.2) is 18.5 Å². The fourth-order valence-corrected chi connectivity index (χ4v) is 1.97. The number of halogens is 1. The van der Waals surface area contributed by atoms with Gasteiger partial charge in [0.2, 0.25) is 0 Å². The monoisotopic (exact) mass is 261 g/mol. The SMILES string of the molecule is CCCCCCCCCCNCC(Cl)C(C)C. The first-order valence-electron chi connectivity index (χ1n) is 7.53. The van der Waals surface area contributed by atoms with Crippen LogP contribution in [0.2, 0.25) is 0 Å². The van der Waals surface area contributed by atoms with E-state index in [1.165, 1.54) is 51.4 Å². The molecule has 2 heteroatoms. The maximum absolute atomic E-state index is 6.16. The van der Waals surface area contributed by atoms with Gasteiger partial charge in [0, 0.05) is 11.9 Å². The Bertz CT molecular complexity index is 148. The van der Waals surface area contributed by atoms with Crippen molar-refractivity contribution >= 4 is 11.6 Å². The second-order valence-corrected chi connectivity index (χ2v) is 6.00. The van der Waals surface area contributed by atoms with Gasteiger partial charge in [0.1, 0.15) is 0 Å². The average molecular weight is 262 g/mol. The summed E-state index contributed by atoms with van der Waals surface area (Å²) in [6, 6.07) is 0. The minimum Gasteiger partial charge on any atom is -0.315 e. The summed E-state index contributed by atoms with van der Waals surface area (Å²) >= 11 is 6.16. The highest BCUT2D eigenvalue weighted by Gasteiger charge is 2.07. The zero-order chi connectivity index (χ0) is 12.9. The number of hydrogen-bond donors (Lipinski definition) is 1. The number of nitrogens with one attached hydrogen (secondary N) is 1. The summed E-state index contributed by atoms with van der Waals surface area (Å²) in [4.78, 5) is 0. The molecule has 1 N–H and O–H groups in total. The molecule has 0 aromatic carbocycles. The minimum absolute atomic E-state index is 0.282. The standard InChI is InChI=1S/C15H32ClN/c1-4-5-6-7-8-9-10-11-12-17-13-15(16)14(2)3/h14-15,17H,4-13H2,1-3H3. The highest BCUT2D eigenvalue weighted by molar-refractivity contribution is 6.20. The Hall–Kier alpha value is 0.250. The molecular formula is C15H32ClN. The Morgan fingerprint density at radius 2 is 1.41 bits per heavy atom. The van der Waals surface area contributed by atoms with Gasteiger partial charge in [-0.05, 0) is 18.9 Å². The topological polar surface area (TPSA) is 12.0 Å². The van der Waals surface area contributed by atoms with Crippen LogP contribution in [0.5, 0.6) is 0 Å². The van der Waals surface area contributed by atoms with Crippen LogP contribution in [0.25, 0.3) is 0 Å². The van der Waals surface area contributed by atoms with Gasteiger partial charge in [-0.25, -0.2) is 0 Å². The van der Waals surface area contributed by atoms with Crippen LogP contribution < -0.4 is 5.32 Å². The zero-order valence-electron chi connectivity index (χ0n) is 12.1. The fraction of sp³-hybridized carbons (Fsp3) is 1.00. The van der Waals surface area contributed by atoms with E-state index in [-0.39, 0.29) is 5.38 Å². The molecule has 104 valence electrons. The predicted molar refractivity (Wildman–Crippen MR) is 80.0 cm³/mol. The van der Waals surface area contributed by atoms with Gasteiger partial charge in [0.25, 0.3) is 0 Å². The highest BCUT2D eigenvalue weighted by atomic mass is 35.5. The van der Waals surface area contributed by atoms with Crippen molar-refractivity contribution in [2.24, 2.45) is 5.92 Å². The normalized spacial score (nSPS) is 13.2. The molecule has 0 rings (SSSR count). The van der Waals surface area contributed by atoms with Crippen LogP contribution in [-0.2, 0) is 0 Å². The van der Waals surface area contributed by atoms with Crippen molar-refractivity contribution < 1.29 is 0 Å². The third-order valence-electron chi connectivity index (χ3n) is 3.27. The lowest BCUT2D eigenvalue weighted by atomic mass is 10.1. The van der Waals surface area contributed by atoms with Gasteiger partial charge in [0.15, 0.2) is 0 Å².